The summed E-state index contributed by atoms with van der Waals surface area (Å²) < 4.78 is 11.5. The Hall–Kier alpha value is -0.0800. The highest BCUT2D eigenvalue weighted by Gasteiger charge is 2.21. The van der Waals surface area contributed by atoms with Crippen LogP contribution >= 0.6 is 24.0 Å². The van der Waals surface area contributed by atoms with Crippen LogP contribution in [0.2, 0.25) is 0 Å². The van der Waals surface area contributed by atoms with Crippen LogP contribution < -0.4 is 5.32 Å². The zero-order chi connectivity index (χ0) is 16.4. The van der Waals surface area contributed by atoms with Gasteiger partial charge < -0.3 is 19.7 Å². The average Bonchev–Trinajstić information content (AvgIpc) is 3.30. The fraction of sp³-hybridized carbons (Fsp3) is 0.941. The SMILES string of the molecule is CCOC(CCNC(=NC)N(C)CCOCC1CC1)C(C)C.I. The van der Waals surface area contributed by atoms with E-state index in [1.807, 2.05) is 7.05 Å². The Morgan fingerprint density at radius 3 is 2.57 bits per heavy atom. The molecule has 1 atom stereocenters. The lowest BCUT2D eigenvalue weighted by atomic mass is 10.0. The van der Waals surface area contributed by atoms with Crippen LogP contribution in [0, 0.1) is 11.8 Å². The van der Waals surface area contributed by atoms with E-state index in [-0.39, 0.29) is 24.0 Å². The van der Waals surface area contributed by atoms with Gasteiger partial charge in [-0.05, 0) is 38.0 Å². The highest BCUT2D eigenvalue weighted by atomic mass is 127. The van der Waals surface area contributed by atoms with E-state index in [9.17, 15) is 0 Å². The molecule has 138 valence electrons. The van der Waals surface area contributed by atoms with Gasteiger partial charge in [0.25, 0.3) is 0 Å². The topological polar surface area (TPSA) is 46.1 Å². The number of likely N-dealkylation sites (N-methyl/N-ethyl adjacent to an activating group) is 1. The Balaban J connectivity index is 0.00000484. The van der Waals surface area contributed by atoms with E-state index < -0.39 is 0 Å². The molecule has 0 radical (unpaired) electrons. The monoisotopic (exact) mass is 441 g/mol. The van der Waals surface area contributed by atoms with Crippen molar-refractivity contribution in [3.8, 4) is 0 Å². The number of rotatable bonds is 11. The van der Waals surface area contributed by atoms with E-state index in [1.165, 1.54) is 12.8 Å². The first-order valence-corrected chi connectivity index (χ1v) is 8.69. The summed E-state index contributed by atoms with van der Waals surface area (Å²) in [6.07, 6.45) is 3.99. The summed E-state index contributed by atoms with van der Waals surface area (Å²) in [6.45, 7) is 10.7. The second-order valence-corrected chi connectivity index (χ2v) is 6.44. The molecule has 0 aliphatic heterocycles. The minimum atomic E-state index is 0. The molecule has 1 rings (SSSR count). The van der Waals surface area contributed by atoms with Gasteiger partial charge in [-0.25, -0.2) is 0 Å². The Morgan fingerprint density at radius 1 is 1.35 bits per heavy atom. The van der Waals surface area contributed by atoms with Crippen LogP contribution in [0.1, 0.15) is 40.0 Å². The lowest BCUT2D eigenvalue weighted by Crippen LogP contribution is -2.42. The molecule has 1 N–H and O–H groups in total. The molecular weight excluding hydrogens is 405 g/mol. The van der Waals surface area contributed by atoms with Crippen LogP contribution in [0.25, 0.3) is 0 Å². The molecule has 0 aromatic rings. The highest BCUT2D eigenvalue weighted by Crippen LogP contribution is 2.28. The average molecular weight is 441 g/mol. The van der Waals surface area contributed by atoms with Gasteiger partial charge in [0, 0.05) is 40.4 Å². The third kappa shape index (κ3) is 10.4. The largest absolute Gasteiger partial charge is 0.379 e. The molecule has 5 nitrogen and oxygen atoms in total. The van der Waals surface area contributed by atoms with E-state index in [0.717, 1.165) is 51.2 Å². The van der Waals surface area contributed by atoms with Crippen LogP contribution in [-0.2, 0) is 9.47 Å². The van der Waals surface area contributed by atoms with Gasteiger partial charge in [0.2, 0.25) is 0 Å². The van der Waals surface area contributed by atoms with E-state index in [4.69, 9.17) is 9.47 Å². The van der Waals surface area contributed by atoms with E-state index >= 15 is 0 Å². The molecule has 1 aliphatic carbocycles. The van der Waals surface area contributed by atoms with Crippen molar-refractivity contribution in [2.75, 3.05) is 47.0 Å². The van der Waals surface area contributed by atoms with Crippen molar-refractivity contribution in [1.82, 2.24) is 10.2 Å². The highest BCUT2D eigenvalue weighted by molar-refractivity contribution is 14.0. The minimum absolute atomic E-state index is 0. The summed E-state index contributed by atoms with van der Waals surface area (Å²) in [5, 5.41) is 3.42. The van der Waals surface area contributed by atoms with Crippen molar-refractivity contribution < 1.29 is 9.47 Å². The molecular formula is C17H36IN3O2. The maximum absolute atomic E-state index is 5.77. The maximum atomic E-state index is 5.77. The van der Waals surface area contributed by atoms with Crippen molar-refractivity contribution in [2.24, 2.45) is 16.8 Å². The van der Waals surface area contributed by atoms with Gasteiger partial charge in [-0.2, -0.15) is 0 Å². The first-order chi connectivity index (χ1) is 10.6. The second kappa shape index (κ2) is 13.2. The maximum Gasteiger partial charge on any atom is 0.193 e. The zero-order valence-electron chi connectivity index (χ0n) is 15.5. The number of halogens is 1. The first-order valence-electron chi connectivity index (χ1n) is 8.69. The predicted molar refractivity (Wildman–Crippen MR) is 108 cm³/mol. The summed E-state index contributed by atoms with van der Waals surface area (Å²) in [5.41, 5.74) is 0. The fourth-order valence-corrected chi connectivity index (χ4v) is 2.38. The summed E-state index contributed by atoms with van der Waals surface area (Å²) >= 11 is 0. The van der Waals surface area contributed by atoms with E-state index in [1.54, 1.807) is 0 Å². The van der Waals surface area contributed by atoms with Crippen molar-refractivity contribution in [1.29, 1.82) is 0 Å². The molecule has 0 aromatic heterocycles. The van der Waals surface area contributed by atoms with Crippen LogP contribution in [0.4, 0.5) is 0 Å². The smallest absolute Gasteiger partial charge is 0.193 e. The molecule has 6 heteroatoms. The minimum Gasteiger partial charge on any atom is -0.379 e. The Kier molecular flexibility index (Phi) is 13.2. The molecule has 0 aromatic carbocycles. The third-order valence-corrected chi connectivity index (χ3v) is 4.03. The number of nitrogens with one attached hydrogen (secondary N) is 1. The van der Waals surface area contributed by atoms with Crippen LogP contribution in [0.15, 0.2) is 4.99 Å². The molecule has 0 bridgehead atoms. The van der Waals surface area contributed by atoms with Crippen LogP contribution in [-0.4, -0.2) is 64.0 Å². The number of hydrogen-bond donors (Lipinski definition) is 1. The quantitative estimate of drug-likeness (QED) is 0.232. The molecule has 0 spiro atoms. The number of hydrogen-bond acceptors (Lipinski definition) is 3. The van der Waals surface area contributed by atoms with Crippen molar-refractivity contribution >= 4 is 29.9 Å². The first kappa shape index (κ1) is 22.9. The summed E-state index contributed by atoms with van der Waals surface area (Å²) in [5.74, 6) is 2.29. The van der Waals surface area contributed by atoms with Crippen LogP contribution in [0.3, 0.4) is 0 Å². The lowest BCUT2D eigenvalue weighted by molar-refractivity contribution is 0.0257. The molecule has 1 saturated carbocycles. The fourth-order valence-electron chi connectivity index (χ4n) is 2.38. The molecule has 1 fully saturated rings. The Morgan fingerprint density at radius 2 is 2.04 bits per heavy atom. The molecule has 0 amide bonds. The Labute approximate surface area is 159 Å². The van der Waals surface area contributed by atoms with Gasteiger partial charge in [0.05, 0.1) is 12.7 Å². The summed E-state index contributed by atoms with van der Waals surface area (Å²) in [7, 11) is 3.88. The van der Waals surface area contributed by atoms with Crippen molar-refractivity contribution in [3.05, 3.63) is 0 Å². The summed E-state index contributed by atoms with van der Waals surface area (Å²) in [4.78, 5) is 6.46. The predicted octanol–water partition coefficient (Wildman–Crippen LogP) is 2.99. The molecule has 0 saturated heterocycles. The molecule has 1 unspecified atom stereocenters. The number of ether oxygens (including phenoxy) is 2. The van der Waals surface area contributed by atoms with E-state index in [2.05, 4.69) is 43.0 Å². The third-order valence-electron chi connectivity index (χ3n) is 4.03. The van der Waals surface area contributed by atoms with Gasteiger partial charge in [0.15, 0.2) is 5.96 Å². The van der Waals surface area contributed by atoms with Gasteiger partial charge in [-0.3, -0.25) is 4.99 Å². The van der Waals surface area contributed by atoms with Crippen molar-refractivity contribution in [2.45, 2.75) is 46.1 Å². The van der Waals surface area contributed by atoms with Gasteiger partial charge >= 0.3 is 0 Å². The zero-order valence-corrected chi connectivity index (χ0v) is 17.8. The summed E-state index contributed by atoms with van der Waals surface area (Å²) in [6, 6.07) is 0. The molecule has 23 heavy (non-hydrogen) atoms. The number of guanidine groups is 1. The van der Waals surface area contributed by atoms with Gasteiger partial charge in [-0.15, -0.1) is 24.0 Å². The van der Waals surface area contributed by atoms with Gasteiger partial charge in [0.1, 0.15) is 0 Å². The number of nitrogens with zero attached hydrogens (tertiary/aromatic N) is 2. The second-order valence-electron chi connectivity index (χ2n) is 6.44. The standard InChI is InChI=1S/C17H35N3O2.HI/c1-6-22-16(14(2)3)9-10-19-17(18-4)20(5)11-12-21-13-15-7-8-15;/h14-16H,6-13H2,1-5H3,(H,18,19);1H. The normalized spacial score (nSPS) is 16.2. The van der Waals surface area contributed by atoms with E-state index in [0.29, 0.717) is 12.0 Å². The molecule has 1 aliphatic rings. The van der Waals surface area contributed by atoms with Gasteiger partial charge in [-0.1, -0.05) is 13.8 Å². The Bertz CT molecular complexity index is 323. The lowest BCUT2D eigenvalue weighted by Gasteiger charge is -2.24. The molecule has 0 heterocycles. The van der Waals surface area contributed by atoms with Crippen molar-refractivity contribution in [3.63, 3.8) is 0 Å². The number of aliphatic imine (C=N–C) groups is 1. The van der Waals surface area contributed by atoms with Crippen LogP contribution in [0.5, 0.6) is 0 Å².